The first-order valence-electron chi connectivity index (χ1n) is 7.90. The normalized spacial score (nSPS) is 10.8. The Balaban J connectivity index is 1.81. The molecule has 0 saturated heterocycles. The SMILES string of the molecule is N#CCCn1cc(/C=C/C(=O)Nc2cccc(O)c2)c2ccccc21. The summed E-state index contributed by atoms with van der Waals surface area (Å²) in [5, 5.41) is 22.0. The number of phenols is 1. The molecule has 1 heterocycles. The summed E-state index contributed by atoms with van der Waals surface area (Å²) in [6.07, 6.45) is 5.59. The van der Waals surface area contributed by atoms with Gasteiger partial charge in [-0.05, 0) is 24.3 Å². The van der Waals surface area contributed by atoms with Crippen molar-refractivity contribution in [3.05, 3.63) is 66.4 Å². The number of aryl methyl sites for hydroxylation is 1. The molecular formula is C20H17N3O2. The quantitative estimate of drug-likeness (QED) is 0.696. The predicted octanol–water partition coefficient (Wildman–Crippen LogP) is 3.91. The highest BCUT2D eigenvalue weighted by Gasteiger charge is 2.06. The number of para-hydroxylation sites is 1. The number of hydrogen-bond donors (Lipinski definition) is 2. The molecule has 0 radical (unpaired) electrons. The molecule has 5 nitrogen and oxygen atoms in total. The average Bonchev–Trinajstić information content (AvgIpc) is 2.96. The van der Waals surface area contributed by atoms with Crippen LogP contribution >= 0.6 is 0 Å². The van der Waals surface area contributed by atoms with Gasteiger partial charge >= 0.3 is 0 Å². The van der Waals surface area contributed by atoms with Crippen molar-refractivity contribution in [2.45, 2.75) is 13.0 Å². The minimum absolute atomic E-state index is 0.0994. The number of nitrogens with one attached hydrogen (secondary N) is 1. The maximum atomic E-state index is 12.1. The number of hydrogen-bond acceptors (Lipinski definition) is 3. The third-order valence-electron chi connectivity index (χ3n) is 3.81. The van der Waals surface area contributed by atoms with Crippen molar-refractivity contribution in [2.24, 2.45) is 0 Å². The summed E-state index contributed by atoms with van der Waals surface area (Å²) in [4.78, 5) is 12.1. The highest BCUT2D eigenvalue weighted by atomic mass is 16.3. The topological polar surface area (TPSA) is 78.0 Å². The van der Waals surface area contributed by atoms with Gasteiger partial charge in [0.1, 0.15) is 5.75 Å². The number of nitriles is 1. The third-order valence-corrected chi connectivity index (χ3v) is 3.81. The van der Waals surface area contributed by atoms with E-state index in [4.69, 9.17) is 5.26 Å². The van der Waals surface area contributed by atoms with E-state index in [0.29, 0.717) is 18.7 Å². The Kier molecular flexibility index (Phi) is 4.82. The second-order valence-electron chi connectivity index (χ2n) is 5.58. The van der Waals surface area contributed by atoms with Crippen LogP contribution in [0.5, 0.6) is 5.75 Å². The first-order chi connectivity index (χ1) is 12.2. The van der Waals surface area contributed by atoms with Crippen LogP contribution in [0.1, 0.15) is 12.0 Å². The number of benzene rings is 2. The van der Waals surface area contributed by atoms with Gasteiger partial charge in [-0.3, -0.25) is 4.79 Å². The third kappa shape index (κ3) is 3.88. The number of amides is 1. The van der Waals surface area contributed by atoms with E-state index in [2.05, 4.69) is 11.4 Å². The molecule has 1 amide bonds. The van der Waals surface area contributed by atoms with Gasteiger partial charge in [-0.2, -0.15) is 5.26 Å². The minimum atomic E-state index is -0.278. The van der Waals surface area contributed by atoms with Crippen LogP contribution in [0.4, 0.5) is 5.69 Å². The first-order valence-corrected chi connectivity index (χ1v) is 7.90. The highest BCUT2D eigenvalue weighted by molar-refractivity contribution is 6.03. The molecule has 0 saturated carbocycles. The van der Waals surface area contributed by atoms with Crippen molar-refractivity contribution < 1.29 is 9.90 Å². The molecule has 0 aliphatic carbocycles. The smallest absolute Gasteiger partial charge is 0.248 e. The summed E-state index contributed by atoms with van der Waals surface area (Å²) in [6.45, 7) is 0.611. The van der Waals surface area contributed by atoms with E-state index in [1.165, 1.54) is 12.1 Å². The molecule has 0 fully saturated rings. The van der Waals surface area contributed by atoms with E-state index < -0.39 is 0 Å². The standard InChI is InChI=1S/C20H17N3O2/c21-11-4-12-23-14-15(18-7-1-2-8-19(18)23)9-10-20(25)22-16-5-3-6-17(24)13-16/h1-3,5-10,13-14,24H,4,12H2,(H,22,25)/b10-9+. The van der Waals surface area contributed by atoms with Crippen LogP contribution in [0, 0.1) is 11.3 Å². The summed E-state index contributed by atoms with van der Waals surface area (Å²) < 4.78 is 2.02. The van der Waals surface area contributed by atoms with Crippen LogP contribution in [-0.4, -0.2) is 15.6 Å². The van der Waals surface area contributed by atoms with E-state index in [9.17, 15) is 9.90 Å². The van der Waals surface area contributed by atoms with Crippen molar-refractivity contribution in [1.29, 1.82) is 5.26 Å². The average molecular weight is 331 g/mol. The lowest BCUT2D eigenvalue weighted by atomic mass is 10.1. The van der Waals surface area contributed by atoms with Gasteiger partial charge in [0.15, 0.2) is 0 Å². The van der Waals surface area contributed by atoms with Crippen LogP contribution in [0.3, 0.4) is 0 Å². The van der Waals surface area contributed by atoms with E-state index in [-0.39, 0.29) is 11.7 Å². The fourth-order valence-corrected chi connectivity index (χ4v) is 2.70. The van der Waals surface area contributed by atoms with Gasteiger partial charge in [-0.25, -0.2) is 0 Å². The van der Waals surface area contributed by atoms with Gasteiger partial charge in [-0.15, -0.1) is 0 Å². The Morgan fingerprint density at radius 2 is 2.08 bits per heavy atom. The number of aromatic hydroxyl groups is 1. The lowest BCUT2D eigenvalue weighted by Crippen LogP contribution is -2.07. The predicted molar refractivity (Wildman–Crippen MR) is 97.9 cm³/mol. The van der Waals surface area contributed by atoms with Gasteiger partial charge in [0.2, 0.25) is 5.91 Å². The summed E-state index contributed by atoms with van der Waals surface area (Å²) in [6, 6.07) is 16.4. The molecular weight excluding hydrogens is 314 g/mol. The second kappa shape index (κ2) is 7.37. The Hall–Kier alpha value is -3.52. The Labute approximate surface area is 145 Å². The van der Waals surface area contributed by atoms with Crippen molar-refractivity contribution in [2.75, 3.05) is 5.32 Å². The second-order valence-corrected chi connectivity index (χ2v) is 5.58. The Morgan fingerprint density at radius 3 is 2.88 bits per heavy atom. The van der Waals surface area contributed by atoms with Crippen molar-refractivity contribution in [3.8, 4) is 11.8 Å². The van der Waals surface area contributed by atoms with Crippen LogP contribution in [0.15, 0.2) is 60.8 Å². The zero-order valence-corrected chi connectivity index (χ0v) is 13.5. The largest absolute Gasteiger partial charge is 0.508 e. The summed E-state index contributed by atoms with van der Waals surface area (Å²) in [7, 11) is 0. The monoisotopic (exact) mass is 331 g/mol. The van der Waals surface area contributed by atoms with Gasteiger partial charge in [-0.1, -0.05) is 24.3 Å². The Morgan fingerprint density at radius 1 is 1.24 bits per heavy atom. The Bertz CT molecular complexity index is 980. The highest BCUT2D eigenvalue weighted by Crippen LogP contribution is 2.23. The maximum absolute atomic E-state index is 12.1. The van der Waals surface area contributed by atoms with E-state index >= 15 is 0 Å². The van der Waals surface area contributed by atoms with E-state index in [0.717, 1.165) is 16.5 Å². The number of phenolic OH excluding ortho intramolecular Hbond substituents is 1. The first kappa shape index (κ1) is 16.3. The van der Waals surface area contributed by atoms with Gasteiger partial charge in [0.05, 0.1) is 12.5 Å². The van der Waals surface area contributed by atoms with Crippen molar-refractivity contribution in [1.82, 2.24) is 4.57 Å². The lowest BCUT2D eigenvalue weighted by molar-refractivity contribution is -0.111. The molecule has 0 unspecified atom stereocenters. The minimum Gasteiger partial charge on any atom is -0.508 e. The number of nitrogens with zero attached hydrogens (tertiary/aromatic N) is 2. The van der Waals surface area contributed by atoms with Gasteiger partial charge in [0, 0.05) is 47.0 Å². The molecule has 3 aromatic rings. The van der Waals surface area contributed by atoms with Crippen LogP contribution in [-0.2, 0) is 11.3 Å². The van der Waals surface area contributed by atoms with E-state index in [1.54, 1.807) is 24.3 Å². The molecule has 2 aromatic carbocycles. The zero-order chi connectivity index (χ0) is 17.6. The fourth-order valence-electron chi connectivity index (χ4n) is 2.70. The number of carbonyl (C=O) groups excluding carboxylic acids is 1. The molecule has 0 spiro atoms. The molecule has 25 heavy (non-hydrogen) atoms. The fraction of sp³-hybridized carbons (Fsp3) is 0.100. The molecule has 0 bridgehead atoms. The van der Waals surface area contributed by atoms with Crippen LogP contribution in [0.2, 0.25) is 0 Å². The zero-order valence-electron chi connectivity index (χ0n) is 13.5. The lowest BCUT2D eigenvalue weighted by Gasteiger charge is -2.01. The molecule has 124 valence electrons. The molecule has 0 atom stereocenters. The molecule has 2 N–H and O–H groups in total. The summed E-state index contributed by atoms with van der Waals surface area (Å²) in [5.74, 6) is -0.179. The van der Waals surface area contributed by atoms with Crippen molar-refractivity contribution >= 4 is 28.6 Å². The number of rotatable bonds is 5. The summed E-state index contributed by atoms with van der Waals surface area (Å²) in [5.41, 5.74) is 2.48. The van der Waals surface area contributed by atoms with Crippen LogP contribution in [0.25, 0.3) is 17.0 Å². The van der Waals surface area contributed by atoms with Gasteiger partial charge in [0.25, 0.3) is 0 Å². The number of fused-ring (bicyclic) bond motifs is 1. The molecule has 0 aliphatic rings. The van der Waals surface area contributed by atoms with Gasteiger partial charge < -0.3 is 15.0 Å². The van der Waals surface area contributed by atoms with Crippen LogP contribution < -0.4 is 5.32 Å². The summed E-state index contributed by atoms with van der Waals surface area (Å²) >= 11 is 0. The number of carbonyl (C=O) groups is 1. The molecule has 5 heteroatoms. The molecule has 3 rings (SSSR count). The van der Waals surface area contributed by atoms with E-state index in [1.807, 2.05) is 35.0 Å². The molecule has 1 aromatic heterocycles. The maximum Gasteiger partial charge on any atom is 0.248 e. The number of anilines is 1. The number of aromatic nitrogens is 1. The van der Waals surface area contributed by atoms with Crippen molar-refractivity contribution in [3.63, 3.8) is 0 Å². The molecule has 0 aliphatic heterocycles.